The number of hydrogen-bond acceptors (Lipinski definition) is 1. The molecule has 0 aliphatic rings. The molecule has 0 aliphatic carbocycles. The molecule has 1 nitrogen and oxygen atoms in total. The number of alkyl halides is 3. The molecule has 1 heterocycles. The molecular weight excluding hydrogens is 235 g/mol. The highest BCUT2D eigenvalue weighted by molar-refractivity contribution is 9.08. The first-order valence-corrected chi connectivity index (χ1v) is 4.25. The highest BCUT2D eigenvalue weighted by Gasteiger charge is 2.13. The first kappa shape index (κ1) is 9.51. The minimum Gasteiger partial charge on any atom is -0.228 e. The van der Waals surface area contributed by atoms with E-state index in [0.29, 0.717) is 0 Å². The largest absolute Gasteiger partial charge is 0.265 e. The van der Waals surface area contributed by atoms with Gasteiger partial charge in [-0.05, 0) is 11.6 Å². The minimum absolute atomic E-state index is 0.201. The monoisotopic (exact) mass is 239 g/mol. The van der Waals surface area contributed by atoms with Crippen LogP contribution >= 0.6 is 15.9 Å². The van der Waals surface area contributed by atoms with E-state index in [9.17, 15) is 13.2 Å². The van der Waals surface area contributed by atoms with Crippen LogP contribution in [0.2, 0.25) is 0 Å². The summed E-state index contributed by atoms with van der Waals surface area (Å²) in [5.41, 5.74) is 0.00535. The normalized spacial score (nSPS) is 10.8. The summed E-state index contributed by atoms with van der Waals surface area (Å²) in [6, 6.07) is 0.996. The number of hydrogen-bond donors (Lipinski definition) is 0. The van der Waals surface area contributed by atoms with Crippen LogP contribution in [0.4, 0.5) is 13.2 Å². The molecule has 0 saturated carbocycles. The van der Waals surface area contributed by atoms with Gasteiger partial charge >= 0.3 is 0 Å². The van der Waals surface area contributed by atoms with E-state index in [1.807, 2.05) is 0 Å². The summed E-state index contributed by atoms with van der Waals surface area (Å²) in [5, 5.41) is 0.201. The Hall–Kier alpha value is -0.580. The topological polar surface area (TPSA) is 12.9 Å². The van der Waals surface area contributed by atoms with Crippen LogP contribution in [0.15, 0.2) is 12.3 Å². The Morgan fingerprint density at radius 2 is 2.17 bits per heavy atom. The fraction of sp³-hybridized carbons (Fsp3) is 0.286. The molecule has 0 aromatic carbocycles. The van der Waals surface area contributed by atoms with Crippen molar-refractivity contribution >= 4 is 15.9 Å². The number of rotatable bonds is 2. The molecular formula is C7H5BrF3N. The van der Waals surface area contributed by atoms with Crippen molar-refractivity contribution in [2.45, 2.75) is 11.8 Å². The molecule has 0 spiro atoms. The smallest absolute Gasteiger partial charge is 0.228 e. The molecule has 5 heteroatoms. The lowest BCUT2D eigenvalue weighted by Crippen LogP contribution is -1.95. The van der Waals surface area contributed by atoms with E-state index in [2.05, 4.69) is 20.9 Å². The summed E-state index contributed by atoms with van der Waals surface area (Å²) in [7, 11) is 0. The lowest BCUT2D eigenvalue weighted by atomic mass is 10.2. The van der Waals surface area contributed by atoms with Crippen molar-refractivity contribution in [2.24, 2.45) is 0 Å². The summed E-state index contributed by atoms with van der Waals surface area (Å²) >= 11 is 2.98. The van der Waals surface area contributed by atoms with Crippen LogP contribution in [0.25, 0.3) is 0 Å². The molecule has 0 aliphatic heterocycles. The third kappa shape index (κ3) is 1.97. The molecule has 1 aromatic rings. The van der Waals surface area contributed by atoms with Gasteiger partial charge in [-0.3, -0.25) is 0 Å². The molecule has 0 atom stereocenters. The van der Waals surface area contributed by atoms with Gasteiger partial charge in [-0.1, -0.05) is 15.9 Å². The standard InChI is InChI=1S/C7H5BrF3N/c8-2-4-1-6(9)12-3-5(4)7(10)11/h1,3,7H,2H2. The first-order chi connectivity index (χ1) is 5.65. The second kappa shape index (κ2) is 3.89. The van der Waals surface area contributed by atoms with Gasteiger partial charge in [0.1, 0.15) is 0 Å². The van der Waals surface area contributed by atoms with Crippen LogP contribution in [0.3, 0.4) is 0 Å². The predicted molar refractivity (Wildman–Crippen MR) is 41.8 cm³/mol. The van der Waals surface area contributed by atoms with Crippen LogP contribution < -0.4 is 0 Å². The van der Waals surface area contributed by atoms with Crippen molar-refractivity contribution in [2.75, 3.05) is 0 Å². The third-order valence-corrected chi connectivity index (χ3v) is 1.97. The Morgan fingerprint density at radius 3 is 2.67 bits per heavy atom. The molecule has 0 bridgehead atoms. The highest BCUT2D eigenvalue weighted by Crippen LogP contribution is 2.23. The summed E-state index contributed by atoms with van der Waals surface area (Å²) in [6.07, 6.45) is -1.75. The second-order valence-electron chi connectivity index (χ2n) is 2.14. The molecule has 0 fully saturated rings. The molecule has 66 valence electrons. The number of halogens is 4. The van der Waals surface area contributed by atoms with Crippen molar-refractivity contribution in [3.8, 4) is 0 Å². The summed E-state index contributed by atoms with van der Waals surface area (Å²) < 4.78 is 36.7. The van der Waals surface area contributed by atoms with Crippen molar-refractivity contribution in [3.63, 3.8) is 0 Å². The van der Waals surface area contributed by atoms with Gasteiger partial charge in [0.25, 0.3) is 6.43 Å². The van der Waals surface area contributed by atoms with E-state index < -0.39 is 12.4 Å². The Bertz CT molecular complexity index is 277. The number of pyridine rings is 1. The molecule has 0 N–H and O–H groups in total. The van der Waals surface area contributed by atoms with E-state index >= 15 is 0 Å². The molecule has 12 heavy (non-hydrogen) atoms. The Labute approximate surface area is 75.7 Å². The second-order valence-corrected chi connectivity index (χ2v) is 2.70. The Kier molecular flexibility index (Phi) is 3.08. The first-order valence-electron chi connectivity index (χ1n) is 3.13. The molecule has 0 radical (unpaired) electrons. The van der Waals surface area contributed by atoms with Crippen molar-refractivity contribution in [3.05, 3.63) is 29.3 Å². The maximum atomic E-state index is 12.4. The van der Waals surface area contributed by atoms with Crippen LogP contribution in [0, 0.1) is 5.95 Å². The fourth-order valence-electron chi connectivity index (χ4n) is 0.791. The zero-order valence-electron chi connectivity index (χ0n) is 5.90. The fourth-order valence-corrected chi connectivity index (χ4v) is 1.28. The van der Waals surface area contributed by atoms with Gasteiger partial charge in [0.15, 0.2) is 0 Å². The van der Waals surface area contributed by atoms with Gasteiger partial charge in [-0.2, -0.15) is 4.39 Å². The van der Waals surface area contributed by atoms with E-state index in [1.54, 1.807) is 0 Å². The molecule has 0 amide bonds. The van der Waals surface area contributed by atoms with E-state index in [1.165, 1.54) is 0 Å². The minimum atomic E-state index is -2.61. The molecule has 1 rings (SSSR count). The maximum Gasteiger partial charge on any atom is 0.265 e. The van der Waals surface area contributed by atoms with E-state index in [0.717, 1.165) is 12.3 Å². The van der Waals surface area contributed by atoms with Crippen molar-refractivity contribution in [1.29, 1.82) is 0 Å². The zero-order chi connectivity index (χ0) is 9.14. The molecule has 0 unspecified atom stereocenters. The highest BCUT2D eigenvalue weighted by atomic mass is 79.9. The SMILES string of the molecule is Fc1cc(CBr)c(C(F)F)cn1. The lowest BCUT2D eigenvalue weighted by molar-refractivity contribution is 0.150. The van der Waals surface area contributed by atoms with Crippen LogP contribution in [-0.4, -0.2) is 4.98 Å². The predicted octanol–water partition coefficient (Wildman–Crippen LogP) is 3.05. The lowest BCUT2D eigenvalue weighted by Gasteiger charge is -2.04. The van der Waals surface area contributed by atoms with Gasteiger partial charge in [-0.15, -0.1) is 0 Å². The molecule has 0 saturated heterocycles. The third-order valence-electron chi connectivity index (χ3n) is 1.37. The number of nitrogens with zero attached hydrogens (tertiary/aromatic N) is 1. The van der Waals surface area contributed by atoms with Gasteiger partial charge in [0.05, 0.1) is 0 Å². The summed E-state index contributed by atoms with van der Waals surface area (Å²) in [5.74, 6) is -0.742. The van der Waals surface area contributed by atoms with Crippen molar-refractivity contribution < 1.29 is 13.2 Å². The Balaban J connectivity index is 3.11. The van der Waals surface area contributed by atoms with E-state index in [-0.39, 0.29) is 16.5 Å². The Morgan fingerprint density at radius 1 is 1.50 bits per heavy atom. The average molecular weight is 240 g/mol. The van der Waals surface area contributed by atoms with Gasteiger partial charge < -0.3 is 0 Å². The van der Waals surface area contributed by atoms with Crippen LogP contribution in [-0.2, 0) is 5.33 Å². The quantitative estimate of drug-likeness (QED) is 0.571. The maximum absolute atomic E-state index is 12.4. The van der Waals surface area contributed by atoms with Gasteiger partial charge in [0, 0.05) is 17.1 Å². The molecule has 1 aromatic heterocycles. The van der Waals surface area contributed by atoms with E-state index in [4.69, 9.17) is 0 Å². The summed E-state index contributed by atoms with van der Waals surface area (Å²) in [4.78, 5) is 3.14. The summed E-state index contributed by atoms with van der Waals surface area (Å²) in [6.45, 7) is 0. The zero-order valence-corrected chi connectivity index (χ0v) is 7.48. The average Bonchev–Trinajstić information content (AvgIpc) is 2.03. The van der Waals surface area contributed by atoms with Gasteiger partial charge in [-0.25, -0.2) is 13.8 Å². The number of aromatic nitrogens is 1. The van der Waals surface area contributed by atoms with Crippen molar-refractivity contribution in [1.82, 2.24) is 4.98 Å². The van der Waals surface area contributed by atoms with Crippen LogP contribution in [0.5, 0.6) is 0 Å². The van der Waals surface area contributed by atoms with Gasteiger partial charge in [0.2, 0.25) is 5.95 Å². The van der Waals surface area contributed by atoms with Crippen LogP contribution in [0.1, 0.15) is 17.6 Å².